The van der Waals surface area contributed by atoms with Crippen LogP contribution in [0.2, 0.25) is 0 Å². The molecule has 0 fully saturated rings. The van der Waals surface area contributed by atoms with E-state index in [1.807, 2.05) is 0 Å². The molecule has 3 aromatic rings. The molecule has 8 nitrogen and oxygen atoms in total. The molecule has 170 valence electrons. The van der Waals surface area contributed by atoms with Crippen LogP contribution in [0.15, 0.2) is 42.5 Å². The van der Waals surface area contributed by atoms with E-state index in [0.717, 1.165) is 12.1 Å². The van der Waals surface area contributed by atoms with Gasteiger partial charge in [-0.15, -0.1) is 13.2 Å². The lowest BCUT2D eigenvalue weighted by Gasteiger charge is -2.19. The Morgan fingerprint density at radius 2 is 1.84 bits per heavy atom. The van der Waals surface area contributed by atoms with E-state index in [-0.39, 0.29) is 23.6 Å². The summed E-state index contributed by atoms with van der Waals surface area (Å²) in [6.07, 6.45) is -5.51. The van der Waals surface area contributed by atoms with Crippen LogP contribution in [0, 0.1) is 0 Å². The molecule has 0 radical (unpaired) electrons. The molecular formula is C21H21F3N4O4. The second-order valence-corrected chi connectivity index (χ2v) is 7.84. The first-order valence-electron chi connectivity index (χ1n) is 9.46. The lowest BCUT2D eigenvalue weighted by Crippen LogP contribution is -2.32. The number of carbonyl (C=O) groups is 2. The number of alkyl carbamates (subject to hydrolysis) is 1. The number of pyridine rings is 1. The summed E-state index contributed by atoms with van der Waals surface area (Å²) in [4.78, 5) is 28.3. The fourth-order valence-electron chi connectivity index (χ4n) is 2.97. The molecule has 2 amide bonds. The molecular weight excluding hydrogens is 429 g/mol. The van der Waals surface area contributed by atoms with Gasteiger partial charge in [0.1, 0.15) is 22.9 Å². The summed E-state index contributed by atoms with van der Waals surface area (Å²) in [7, 11) is 0. The summed E-state index contributed by atoms with van der Waals surface area (Å²) in [5, 5.41) is 3.03. The van der Waals surface area contributed by atoms with E-state index in [9.17, 15) is 22.8 Å². The lowest BCUT2D eigenvalue weighted by atomic mass is 10.2. The largest absolute Gasteiger partial charge is 0.573 e. The average Bonchev–Trinajstić information content (AvgIpc) is 3.03. The molecule has 0 unspecified atom stereocenters. The molecule has 0 aliphatic rings. The Morgan fingerprint density at radius 3 is 2.47 bits per heavy atom. The zero-order valence-corrected chi connectivity index (χ0v) is 17.5. The van der Waals surface area contributed by atoms with Crippen molar-refractivity contribution in [1.29, 1.82) is 0 Å². The van der Waals surface area contributed by atoms with Crippen LogP contribution >= 0.6 is 0 Å². The third-order valence-corrected chi connectivity index (χ3v) is 4.10. The van der Waals surface area contributed by atoms with E-state index < -0.39 is 29.7 Å². The minimum atomic E-state index is -4.87. The van der Waals surface area contributed by atoms with Gasteiger partial charge in [0.15, 0.2) is 0 Å². The molecule has 3 N–H and O–H groups in total. The van der Waals surface area contributed by atoms with Gasteiger partial charge in [-0.25, -0.2) is 9.78 Å². The summed E-state index contributed by atoms with van der Waals surface area (Å²) >= 11 is 0. The number of alkyl halides is 3. The fraction of sp³-hybridized carbons (Fsp3) is 0.286. The van der Waals surface area contributed by atoms with Crippen molar-refractivity contribution in [3.05, 3.63) is 53.9 Å². The number of nitrogens with two attached hydrogens (primary N) is 1. The first-order valence-corrected chi connectivity index (χ1v) is 9.46. The number of rotatable bonds is 5. The summed E-state index contributed by atoms with van der Waals surface area (Å²) in [6.45, 7) is 5.20. The highest BCUT2D eigenvalue weighted by Gasteiger charge is 2.31. The number of primary amides is 1. The Morgan fingerprint density at radius 1 is 1.12 bits per heavy atom. The minimum absolute atomic E-state index is 0.0221. The van der Waals surface area contributed by atoms with Crippen molar-refractivity contribution in [3.8, 4) is 11.6 Å². The SMILES string of the molecule is CC(C)(C)OC(=O)NCc1cccc(-n2c(C(N)=O)cc3ccc(OC(F)(F)F)cc32)n1. The number of hydrogen-bond donors (Lipinski definition) is 2. The molecule has 0 saturated heterocycles. The number of hydrogen-bond acceptors (Lipinski definition) is 5. The Kier molecular flexibility index (Phi) is 6.02. The maximum Gasteiger partial charge on any atom is 0.573 e. The zero-order valence-electron chi connectivity index (χ0n) is 17.5. The van der Waals surface area contributed by atoms with Crippen molar-refractivity contribution in [1.82, 2.24) is 14.9 Å². The molecule has 1 aromatic carbocycles. The van der Waals surface area contributed by atoms with Gasteiger partial charge >= 0.3 is 12.5 Å². The van der Waals surface area contributed by atoms with Crippen molar-refractivity contribution in [2.45, 2.75) is 39.3 Å². The van der Waals surface area contributed by atoms with Crippen LogP contribution in [-0.4, -0.2) is 33.5 Å². The minimum Gasteiger partial charge on any atom is -0.444 e. The quantitative estimate of drug-likeness (QED) is 0.610. The zero-order chi connectivity index (χ0) is 23.7. The van der Waals surface area contributed by atoms with Crippen LogP contribution in [0.5, 0.6) is 5.75 Å². The van der Waals surface area contributed by atoms with Crippen molar-refractivity contribution < 1.29 is 32.2 Å². The first-order chi connectivity index (χ1) is 14.8. The van der Waals surface area contributed by atoms with Crippen LogP contribution < -0.4 is 15.8 Å². The topological polar surface area (TPSA) is 108 Å². The Bertz CT molecular complexity index is 1170. The molecule has 3 rings (SSSR count). The normalized spacial score (nSPS) is 11.9. The van der Waals surface area contributed by atoms with E-state index in [1.54, 1.807) is 39.0 Å². The molecule has 11 heteroatoms. The predicted octanol–water partition coefficient (Wildman–Crippen LogP) is 4.05. The van der Waals surface area contributed by atoms with Gasteiger partial charge in [-0.1, -0.05) is 6.07 Å². The summed E-state index contributed by atoms with van der Waals surface area (Å²) in [6, 6.07) is 9.92. The monoisotopic (exact) mass is 450 g/mol. The predicted molar refractivity (Wildman–Crippen MR) is 109 cm³/mol. The van der Waals surface area contributed by atoms with Gasteiger partial charge in [-0.2, -0.15) is 0 Å². The molecule has 0 bridgehead atoms. The van der Waals surface area contributed by atoms with Gasteiger partial charge in [0.25, 0.3) is 5.91 Å². The highest BCUT2D eigenvalue weighted by molar-refractivity contribution is 5.99. The molecule has 0 saturated carbocycles. The molecule has 0 atom stereocenters. The van der Waals surface area contributed by atoms with E-state index in [1.165, 1.54) is 16.7 Å². The lowest BCUT2D eigenvalue weighted by molar-refractivity contribution is -0.274. The van der Waals surface area contributed by atoms with Crippen LogP contribution in [0.25, 0.3) is 16.7 Å². The van der Waals surface area contributed by atoms with Gasteiger partial charge in [0, 0.05) is 11.5 Å². The number of carbonyl (C=O) groups excluding carboxylic acids is 2. The van der Waals surface area contributed by atoms with Crippen molar-refractivity contribution >= 4 is 22.9 Å². The maximum absolute atomic E-state index is 12.6. The number of nitrogens with zero attached hydrogens (tertiary/aromatic N) is 2. The third kappa shape index (κ3) is 5.68. The Hall–Kier alpha value is -3.76. The fourth-order valence-corrected chi connectivity index (χ4v) is 2.97. The smallest absolute Gasteiger partial charge is 0.444 e. The molecule has 0 aliphatic carbocycles. The molecule has 32 heavy (non-hydrogen) atoms. The van der Waals surface area contributed by atoms with Crippen LogP contribution in [0.4, 0.5) is 18.0 Å². The van der Waals surface area contributed by atoms with Crippen molar-refractivity contribution in [2.75, 3.05) is 0 Å². The molecule has 0 spiro atoms. The summed E-state index contributed by atoms with van der Waals surface area (Å²) < 4.78 is 48.4. The number of amides is 2. The number of nitrogens with one attached hydrogen (secondary N) is 1. The highest BCUT2D eigenvalue weighted by atomic mass is 19.4. The standard InChI is InChI=1S/C21H21F3N4O4/c1-20(2,3)32-19(30)26-11-13-5-4-6-17(27-13)28-15-10-14(31-21(22,23)24)8-7-12(15)9-16(28)18(25)29/h4-10H,11H2,1-3H3,(H2,25,29)(H,26,30). The van der Waals surface area contributed by atoms with Gasteiger partial charge in [0.05, 0.1) is 17.8 Å². The van der Waals surface area contributed by atoms with E-state index in [4.69, 9.17) is 10.5 Å². The number of halogens is 3. The number of ether oxygens (including phenoxy) is 2. The number of fused-ring (bicyclic) bond motifs is 1. The van der Waals surface area contributed by atoms with Crippen molar-refractivity contribution in [2.24, 2.45) is 5.73 Å². The van der Waals surface area contributed by atoms with E-state index in [0.29, 0.717) is 11.1 Å². The van der Waals surface area contributed by atoms with Gasteiger partial charge in [0.2, 0.25) is 0 Å². The van der Waals surface area contributed by atoms with E-state index >= 15 is 0 Å². The summed E-state index contributed by atoms with van der Waals surface area (Å²) in [5.74, 6) is -1.02. The Labute approximate surface area is 181 Å². The third-order valence-electron chi connectivity index (χ3n) is 4.10. The number of benzene rings is 1. The average molecular weight is 450 g/mol. The summed E-state index contributed by atoms with van der Waals surface area (Å²) in [5.41, 5.74) is 5.50. The van der Waals surface area contributed by atoms with Gasteiger partial charge in [-0.3, -0.25) is 9.36 Å². The first kappa shape index (κ1) is 22.9. The van der Waals surface area contributed by atoms with Crippen LogP contribution in [0.1, 0.15) is 37.0 Å². The van der Waals surface area contributed by atoms with Crippen molar-refractivity contribution in [3.63, 3.8) is 0 Å². The second-order valence-electron chi connectivity index (χ2n) is 7.84. The van der Waals surface area contributed by atoms with E-state index in [2.05, 4.69) is 15.0 Å². The molecule has 2 aromatic heterocycles. The second kappa shape index (κ2) is 8.40. The Balaban J connectivity index is 1.98. The molecule has 2 heterocycles. The van der Waals surface area contributed by atoms with Crippen LogP contribution in [0.3, 0.4) is 0 Å². The number of aromatic nitrogens is 2. The highest BCUT2D eigenvalue weighted by Crippen LogP contribution is 2.30. The maximum atomic E-state index is 12.6. The molecule has 0 aliphatic heterocycles. The van der Waals surface area contributed by atoms with Gasteiger partial charge < -0.3 is 20.5 Å². The van der Waals surface area contributed by atoms with Gasteiger partial charge in [-0.05, 0) is 51.1 Å². The van der Waals surface area contributed by atoms with Crippen LogP contribution in [-0.2, 0) is 11.3 Å².